The van der Waals surface area contributed by atoms with Crippen LogP contribution in [0.25, 0.3) is 0 Å². The first-order valence-electron chi connectivity index (χ1n) is 11.0. The number of aryl methyl sites for hydroxylation is 2. The fourth-order valence-corrected chi connectivity index (χ4v) is 3.83. The van der Waals surface area contributed by atoms with E-state index in [0.29, 0.717) is 25.6 Å². The summed E-state index contributed by atoms with van der Waals surface area (Å²) in [5, 5.41) is 10.5. The topological polar surface area (TPSA) is 62.2 Å². The molecule has 0 aliphatic carbocycles. The second kappa shape index (κ2) is 10.5. The number of aliphatic hydroxyl groups is 1. The van der Waals surface area contributed by atoms with Gasteiger partial charge in [0.1, 0.15) is 24.1 Å². The standard InChI is InChI=1S/C24H40N2O4/c1-17-8-9-18(2)22(19(17)3)29-16-21(27)15-26-12-10-20(11-13-26)14-25(7)23(28)30-24(4,5)6/h8-9,20-21,27H,10-16H2,1-7H3. The van der Waals surface area contributed by atoms with Gasteiger partial charge in [-0.15, -0.1) is 0 Å². The quantitative estimate of drug-likeness (QED) is 0.724. The van der Waals surface area contributed by atoms with Crippen LogP contribution in [-0.2, 0) is 4.74 Å². The van der Waals surface area contributed by atoms with Crippen molar-refractivity contribution in [3.8, 4) is 5.75 Å². The smallest absolute Gasteiger partial charge is 0.410 e. The van der Waals surface area contributed by atoms with Crippen molar-refractivity contribution in [3.63, 3.8) is 0 Å². The van der Waals surface area contributed by atoms with Crippen LogP contribution in [0.2, 0.25) is 0 Å². The Balaban J connectivity index is 1.73. The van der Waals surface area contributed by atoms with Gasteiger partial charge in [-0.25, -0.2) is 4.79 Å². The van der Waals surface area contributed by atoms with E-state index in [1.807, 2.05) is 27.7 Å². The number of rotatable bonds is 7. The molecule has 1 heterocycles. The number of benzene rings is 1. The highest BCUT2D eigenvalue weighted by molar-refractivity contribution is 5.67. The van der Waals surface area contributed by atoms with E-state index < -0.39 is 11.7 Å². The number of piperidine rings is 1. The minimum Gasteiger partial charge on any atom is -0.490 e. The third-order valence-electron chi connectivity index (χ3n) is 5.71. The summed E-state index contributed by atoms with van der Waals surface area (Å²) in [5.41, 5.74) is 2.96. The molecule has 1 unspecified atom stereocenters. The summed E-state index contributed by atoms with van der Waals surface area (Å²) in [6.07, 6.45) is 1.23. The van der Waals surface area contributed by atoms with E-state index in [9.17, 15) is 9.90 Å². The van der Waals surface area contributed by atoms with E-state index in [4.69, 9.17) is 9.47 Å². The molecule has 1 aromatic carbocycles. The highest BCUT2D eigenvalue weighted by Gasteiger charge is 2.25. The SMILES string of the molecule is Cc1ccc(C)c(OCC(O)CN2CCC(CN(C)C(=O)OC(C)(C)C)CC2)c1C. The normalized spacial score (nSPS) is 16.9. The number of ether oxygens (including phenoxy) is 2. The minimum absolute atomic E-state index is 0.265. The van der Waals surface area contributed by atoms with Gasteiger partial charge in [-0.1, -0.05) is 12.1 Å². The molecule has 1 aliphatic heterocycles. The van der Waals surface area contributed by atoms with Gasteiger partial charge in [0.25, 0.3) is 0 Å². The van der Waals surface area contributed by atoms with Crippen molar-refractivity contribution < 1.29 is 19.4 Å². The predicted molar refractivity (Wildman–Crippen MR) is 120 cm³/mol. The summed E-state index contributed by atoms with van der Waals surface area (Å²) in [4.78, 5) is 16.1. The van der Waals surface area contributed by atoms with Crippen LogP contribution in [0.5, 0.6) is 5.75 Å². The predicted octanol–water partition coefficient (Wildman–Crippen LogP) is 3.93. The summed E-state index contributed by atoms with van der Waals surface area (Å²) >= 11 is 0. The fourth-order valence-electron chi connectivity index (χ4n) is 3.83. The molecule has 0 spiro atoms. The molecule has 0 aromatic heterocycles. The number of likely N-dealkylation sites (tertiary alicyclic amines) is 1. The lowest BCUT2D eigenvalue weighted by molar-refractivity contribution is 0.0227. The second-order valence-corrected chi connectivity index (χ2v) is 9.72. The number of amides is 1. The molecule has 1 aromatic rings. The molecule has 0 saturated carbocycles. The molecule has 6 heteroatoms. The number of hydrogen-bond acceptors (Lipinski definition) is 5. The summed E-state index contributed by atoms with van der Waals surface area (Å²) in [7, 11) is 1.80. The lowest BCUT2D eigenvalue weighted by Crippen LogP contribution is -2.43. The van der Waals surface area contributed by atoms with Gasteiger partial charge < -0.3 is 24.4 Å². The molecular weight excluding hydrogens is 380 g/mol. The highest BCUT2D eigenvalue weighted by atomic mass is 16.6. The van der Waals surface area contributed by atoms with E-state index in [2.05, 4.69) is 30.9 Å². The van der Waals surface area contributed by atoms with Crippen LogP contribution in [0.15, 0.2) is 12.1 Å². The Kier molecular flexibility index (Phi) is 8.56. The molecule has 0 bridgehead atoms. The van der Waals surface area contributed by atoms with Crippen LogP contribution in [-0.4, -0.2) is 72.5 Å². The maximum absolute atomic E-state index is 12.1. The monoisotopic (exact) mass is 420 g/mol. The number of carbonyl (C=O) groups is 1. The fraction of sp³-hybridized carbons (Fsp3) is 0.708. The van der Waals surface area contributed by atoms with Crippen LogP contribution >= 0.6 is 0 Å². The first-order chi connectivity index (χ1) is 14.0. The molecule has 1 amide bonds. The maximum atomic E-state index is 12.1. The van der Waals surface area contributed by atoms with Crippen molar-refractivity contribution in [2.45, 2.75) is 66.1 Å². The molecule has 1 atom stereocenters. The molecule has 170 valence electrons. The lowest BCUT2D eigenvalue weighted by atomic mass is 9.96. The van der Waals surface area contributed by atoms with Gasteiger partial charge in [-0.3, -0.25) is 0 Å². The Labute approximate surface area is 182 Å². The zero-order chi connectivity index (χ0) is 22.5. The van der Waals surface area contributed by atoms with Crippen molar-refractivity contribution in [1.29, 1.82) is 0 Å². The average Bonchev–Trinajstić information content (AvgIpc) is 2.65. The molecule has 30 heavy (non-hydrogen) atoms. The van der Waals surface area contributed by atoms with Crippen LogP contribution in [0.1, 0.15) is 50.3 Å². The van der Waals surface area contributed by atoms with Gasteiger partial charge in [0.05, 0.1) is 0 Å². The van der Waals surface area contributed by atoms with Crippen LogP contribution < -0.4 is 4.74 Å². The molecule has 1 N–H and O–H groups in total. The molecule has 1 saturated heterocycles. The third-order valence-corrected chi connectivity index (χ3v) is 5.71. The molecule has 1 aliphatic rings. The molecule has 1 fully saturated rings. The highest BCUT2D eigenvalue weighted by Crippen LogP contribution is 2.26. The molecule has 2 rings (SSSR count). The maximum Gasteiger partial charge on any atom is 0.410 e. The Morgan fingerprint density at radius 1 is 1.20 bits per heavy atom. The van der Waals surface area contributed by atoms with Crippen LogP contribution in [0.4, 0.5) is 4.79 Å². The minimum atomic E-state index is -0.523. The van der Waals surface area contributed by atoms with Crippen LogP contribution in [0, 0.1) is 26.7 Å². The molecule has 6 nitrogen and oxygen atoms in total. The van der Waals surface area contributed by atoms with Crippen molar-refractivity contribution in [1.82, 2.24) is 9.80 Å². The summed E-state index contributed by atoms with van der Waals surface area (Å²) in [6, 6.07) is 4.15. The lowest BCUT2D eigenvalue weighted by Gasteiger charge is -2.35. The average molecular weight is 421 g/mol. The molecule has 0 radical (unpaired) electrons. The van der Waals surface area contributed by atoms with Crippen molar-refractivity contribution >= 4 is 6.09 Å². The largest absolute Gasteiger partial charge is 0.490 e. The van der Waals surface area contributed by atoms with Gasteiger partial charge >= 0.3 is 6.09 Å². The summed E-state index contributed by atoms with van der Waals surface area (Å²) in [6.45, 7) is 15.3. The van der Waals surface area contributed by atoms with Gasteiger partial charge in [-0.05, 0) is 90.1 Å². The van der Waals surface area contributed by atoms with E-state index in [1.54, 1.807) is 11.9 Å². The first kappa shape index (κ1) is 24.5. The Bertz CT molecular complexity index is 706. The number of hydrogen-bond donors (Lipinski definition) is 1. The van der Waals surface area contributed by atoms with E-state index >= 15 is 0 Å². The van der Waals surface area contributed by atoms with Crippen molar-refractivity contribution in [2.75, 3.05) is 39.8 Å². The number of carbonyl (C=O) groups excluding carboxylic acids is 1. The van der Waals surface area contributed by atoms with E-state index in [1.165, 1.54) is 5.56 Å². The summed E-state index contributed by atoms with van der Waals surface area (Å²) < 4.78 is 11.4. The number of β-amino-alcohol motifs (C(OH)–C–C–N with tert-alkyl or cyclic N) is 1. The molecular formula is C24H40N2O4. The Morgan fingerprint density at radius 3 is 2.40 bits per heavy atom. The van der Waals surface area contributed by atoms with Gasteiger partial charge in [0, 0.05) is 20.1 Å². The van der Waals surface area contributed by atoms with E-state index in [0.717, 1.165) is 42.8 Å². The summed E-state index contributed by atoms with van der Waals surface area (Å²) in [5.74, 6) is 1.35. The number of aliphatic hydroxyl groups excluding tert-OH is 1. The van der Waals surface area contributed by atoms with Crippen LogP contribution in [0.3, 0.4) is 0 Å². The second-order valence-electron chi connectivity index (χ2n) is 9.72. The third kappa shape index (κ3) is 7.47. The zero-order valence-corrected chi connectivity index (χ0v) is 19.8. The van der Waals surface area contributed by atoms with Gasteiger partial charge in [-0.2, -0.15) is 0 Å². The number of nitrogens with zero attached hydrogens (tertiary/aromatic N) is 2. The first-order valence-corrected chi connectivity index (χ1v) is 11.0. The Hall–Kier alpha value is -1.79. The van der Waals surface area contributed by atoms with Gasteiger partial charge in [0.15, 0.2) is 0 Å². The Morgan fingerprint density at radius 2 is 1.80 bits per heavy atom. The van der Waals surface area contributed by atoms with Crippen molar-refractivity contribution in [2.24, 2.45) is 5.92 Å². The van der Waals surface area contributed by atoms with Crippen molar-refractivity contribution in [3.05, 3.63) is 28.8 Å². The van der Waals surface area contributed by atoms with E-state index in [-0.39, 0.29) is 6.09 Å². The van der Waals surface area contributed by atoms with Gasteiger partial charge in [0.2, 0.25) is 0 Å². The zero-order valence-electron chi connectivity index (χ0n) is 19.8.